The van der Waals surface area contributed by atoms with Crippen molar-refractivity contribution in [3.63, 3.8) is 0 Å². The number of hydrogen-bond acceptors (Lipinski definition) is 4. The number of ether oxygens (including phenoxy) is 1. The van der Waals surface area contributed by atoms with Crippen LogP contribution in [0.3, 0.4) is 0 Å². The summed E-state index contributed by atoms with van der Waals surface area (Å²) in [5.41, 5.74) is 3.85. The summed E-state index contributed by atoms with van der Waals surface area (Å²) < 4.78 is 6.04. The monoisotopic (exact) mass is 380 g/mol. The molecule has 1 aliphatic heterocycles. The van der Waals surface area contributed by atoms with Gasteiger partial charge in [0.2, 0.25) is 5.91 Å². The third-order valence-electron chi connectivity index (χ3n) is 5.72. The van der Waals surface area contributed by atoms with Gasteiger partial charge in [0.25, 0.3) is 5.91 Å². The van der Waals surface area contributed by atoms with Crippen molar-refractivity contribution in [3.8, 4) is 5.75 Å². The summed E-state index contributed by atoms with van der Waals surface area (Å²) >= 11 is 0. The molecule has 1 heterocycles. The molecule has 146 valence electrons. The minimum atomic E-state index is -0.589. The zero-order valence-electron chi connectivity index (χ0n) is 15.6. The van der Waals surface area contributed by atoms with Gasteiger partial charge in [0.05, 0.1) is 12.6 Å². The lowest BCUT2D eigenvalue weighted by molar-refractivity contribution is -0.139. The van der Waals surface area contributed by atoms with Crippen LogP contribution in [-0.2, 0) is 11.3 Å². The summed E-state index contributed by atoms with van der Waals surface area (Å²) in [6, 6.07) is 14.8. The first-order chi connectivity index (χ1) is 13.7. The van der Waals surface area contributed by atoms with Crippen LogP contribution in [0, 0.1) is 5.92 Å². The van der Waals surface area contributed by atoms with Gasteiger partial charge < -0.3 is 9.64 Å². The van der Waals surface area contributed by atoms with Crippen molar-refractivity contribution >= 4 is 11.8 Å². The third-order valence-corrected chi connectivity index (χ3v) is 5.72. The fourth-order valence-electron chi connectivity index (χ4n) is 4.17. The number of carbonyl (C=O) groups is 2. The van der Waals surface area contributed by atoms with E-state index in [-0.39, 0.29) is 17.9 Å². The number of fused-ring (bicyclic) bond motifs is 1. The third kappa shape index (κ3) is 3.60. The first-order valence-electron chi connectivity index (χ1n) is 9.73. The van der Waals surface area contributed by atoms with Crippen LogP contribution in [0.4, 0.5) is 0 Å². The molecule has 2 aromatic carbocycles. The minimum absolute atomic E-state index is 0.0761. The van der Waals surface area contributed by atoms with Crippen molar-refractivity contribution in [2.24, 2.45) is 5.92 Å². The van der Waals surface area contributed by atoms with Gasteiger partial charge in [-0.05, 0) is 30.5 Å². The molecule has 0 bridgehead atoms. The maximum Gasteiger partial charge on any atom is 0.274 e. The fraction of sp³-hybridized carbons (Fsp3) is 0.364. The number of hydroxylamine groups is 1. The molecule has 4 rings (SSSR count). The van der Waals surface area contributed by atoms with Crippen LogP contribution < -0.4 is 10.2 Å². The van der Waals surface area contributed by atoms with Crippen LogP contribution >= 0.6 is 0 Å². The number of nitrogens with zero attached hydrogens (tertiary/aromatic N) is 1. The molecule has 0 radical (unpaired) electrons. The highest BCUT2D eigenvalue weighted by Crippen LogP contribution is 2.36. The van der Waals surface area contributed by atoms with Gasteiger partial charge in [0.1, 0.15) is 12.4 Å². The minimum Gasteiger partial charge on any atom is -0.491 e. The van der Waals surface area contributed by atoms with E-state index in [1.807, 2.05) is 35.2 Å². The van der Waals surface area contributed by atoms with Gasteiger partial charge in [-0.1, -0.05) is 49.2 Å². The van der Waals surface area contributed by atoms with Crippen molar-refractivity contribution in [2.75, 3.05) is 6.61 Å². The summed E-state index contributed by atoms with van der Waals surface area (Å²) in [5, 5.41) is 8.88. The van der Waals surface area contributed by atoms with Crippen LogP contribution in [0.25, 0.3) is 0 Å². The van der Waals surface area contributed by atoms with Gasteiger partial charge >= 0.3 is 0 Å². The molecule has 2 N–H and O–H groups in total. The van der Waals surface area contributed by atoms with Crippen molar-refractivity contribution in [2.45, 2.75) is 38.3 Å². The second kappa shape index (κ2) is 8.02. The number of rotatable bonds is 3. The van der Waals surface area contributed by atoms with Crippen molar-refractivity contribution in [3.05, 3.63) is 65.2 Å². The van der Waals surface area contributed by atoms with E-state index in [0.29, 0.717) is 24.5 Å². The highest BCUT2D eigenvalue weighted by Gasteiger charge is 2.35. The van der Waals surface area contributed by atoms with Gasteiger partial charge in [0, 0.05) is 17.0 Å². The van der Waals surface area contributed by atoms with Crippen molar-refractivity contribution in [1.82, 2.24) is 10.4 Å². The lowest BCUT2D eigenvalue weighted by Gasteiger charge is -2.31. The average Bonchev–Trinajstić information content (AvgIpc) is 3.21. The first-order valence-corrected chi connectivity index (χ1v) is 9.73. The molecule has 2 aromatic rings. The molecular formula is C22H24N2O4. The highest BCUT2D eigenvalue weighted by atomic mass is 16.5. The van der Waals surface area contributed by atoms with Crippen LogP contribution in [0.15, 0.2) is 48.5 Å². The van der Waals surface area contributed by atoms with Crippen LogP contribution in [0.2, 0.25) is 0 Å². The van der Waals surface area contributed by atoms with Gasteiger partial charge in [-0.25, -0.2) is 5.48 Å². The normalized spacial score (nSPS) is 19.5. The number of amides is 2. The van der Waals surface area contributed by atoms with Gasteiger partial charge in [-0.2, -0.15) is 0 Å². The summed E-state index contributed by atoms with van der Waals surface area (Å²) in [4.78, 5) is 27.0. The Morgan fingerprint density at radius 3 is 2.54 bits per heavy atom. The molecular weight excluding hydrogens is 356 g/mol. The van der Waals surface area contributed by atoms with E-state index in [1.54, 1.807) is 23.7 Å². The van der Waals surface area contributed by atoms with Gasteiger partial charge in [-0.3, -0.25) is 14.8 Å². The van der Waals surface area contributed by atoms with Crippen LogP contribution in [-0.4, -0.2) is 28.5 Å². The molecule has 0 aromatic heterocycles. The van der Waals surface area contributed by atoms with E-state index in [2.05, 4.69) is 0 Å². The maximum absolute atomic E-state index is 13.3. The second-order valence-corrected chi connectivity index (χ2v) is 7.45. The molecule has 2 aliphatic rings. The topological polar surface area (TPSA) is 78.9 Å². The van der Waals surface area contributed by atoms with Crippen molar-refractivity contribution in [1.29, 1.82) is 0 Å². The number of nitrogens with one attached hydrogen (secondary N) is 1. The zero-order chi connectivity index (χ0) is 19.5. The number of benzene rings is 2. The maximum atomic E-state index is 13.3. The van der Waals surface area contributed by atoms with Crippen molar-refractivity contribution < 1.29 is 19.5 Å². The lowest BCUT2D eigenvalue weighted by atomic mass is 10.0. The largest absolute Gasteiger partial charge is 0.491 e. The van der Waals surface area contributed by atoms with Crippen LogP contribution in [0.5, 0.6) is 5.75 Å². The fourth-order valence-corrected chi connectivity index (χ4v) is 4.17. The van der Waals surface area contributed by atoms with E-state index in [4.69, 9.17) is 9.94 Å². The molecule has 0 unspecified atom stereocenters. The first kappa shape index (κ1) is 18.5. The molecule has 6 heteroatoms. The standard InChI is InChI=1S/C22H24N2O4/c25-21(23-27)17-10-11-18-13-24(22(26)16-8-4-5-9-16)19(14-28-20(18)12-17)15-6-2-1-3-7-15/h1-3,6-7,10-12,16,19,27H,4-5,8-9,13-14H2,(H,23,25)/t19-/m1/s1. The number of hydrogen-bond donors (Lipinski definition) is 2. The van der Waals surface area contributed by atoms with Gasteiger partial charge in [0.15, 0.2) is 0 Å². The summed E-state index contributed by atoms with van der Waals surface area (Å²) in [6.07, 6.45) is 4.10. The Morgan fingerprint density at radius 2 is 1.82 bits per heavy atom. The quantitative estimate of drug-likeness (QED) is 0.631. The summed E-state index contributed by atoms with van der Waals surface area (Å²) in [7, 11) is 0. The van der Waals surface area contributed by atoms with E-state index in [9.17, 15) is 9.59 Å². The lowest BCUT2D eigenvalue weighted by Crippen LogP contribution is -2.39. The summed E-state index contributed by atoms with van der Waals surface area (Å²) in [5.74, 6) is 0.241. The SMILES string of the molecule is O=C(NO)c1ccc2c(c1)OC[C@H](c1ccccc1)N(C(=O)C1CCCC1)C2. The highest BCUT2D eigenvalue weighted by molar-refractivity contribution is 5.93. The zero-order valence-corrected chi connectivity index (χ0v) is 15.6. The molecule has 28 heavy (non-hydrogen) atoms. The molecule has 1 aliphatic carbocycles. The van der Waals surface area contributed by atoms with Gasteiger partial charge in [-0.15, -0.1) is 0 Å². The van der Waals surface area contributed by atoms with Crippen LogP contribution in [0.1, 0.15) is 53.2 Å². The Labute approximate surface area is 164 Å². The predicted octanol–water partition coefficient (Wildman–Crippen LogP) is 3.46. The Morgan fingerprint density at radius 1 is 1.07 bits per heavy atom. The molecule has 0 spiro atoms. The molecule has 1 fully saturated rings. The average molecular weight is 380 g/mol. The Bertz CT molecular complexity index is 862. The Balaban J connectivity index is 1.69. The molecule has 6 nitrogen and oxygen atoms in total. The Kier molecular flexibility index (Phi) is 5.30. The Hall–Kier alpha value is -2.86. The van der Waals surface area contributed by atoms with E-state index >= 15 is 0 Å². The number of carbonyl (C=O) groups excluding carboxylic acids is 2. The second-order valence-electron chi connectivity index (χ2n) is 7.45. The van der Waals surface area contributed by atoms with E-state index < -0.39 is 5.91 Å². The predicted molar refractivity (Wildman–Crippen MR) is 103 cm³/mol. The summed E-state index contributed by atoms with van der Waals surface area (Å²) in [6.45, 7) is 0.755. The molecule has 1 saturated carbocycles. The molecule has 0 saturated heterocycles. The van der Waals surface area contributed by atoms with E-state index in [0.717, 1.165) is 36.8 Å². The smallest absolute Gasteiger partial charge is 0.274 e. The molecule has 1 atom stereocenters. The van der Waals surface area contributed by atoms with E-state index in [1.165, 1.54) is 0 Å². The molecule has 2 amide bonds.